The molecule has 0 spiro atoms. The highest BCUT2D eigenvalue weighted by atomic mass is 19.4. The third-order valence-electron chi connectivity index (χ3n) is 6.93. The number of hydrogen-bond acceptors (Lipinski definition) is 4. The van der Waals surface area contributed by atoms with Crippen LogP contribution in [0.2, 0.25) is 0 Å². The molecule has 0 aromatic heterocycles. The lowest BCUT2D eigenvalue weighted by molar-refractivity contribution is -0.138. The molecule has 1 aromatic carbocycles. The fourth-order valence-corrected chi connectivity index (χ4v) is 4.60. The van der Waals surface area contributed by atoms with Crippen molar-refractivity contribution in [2.75, 3.05) is 58.9 Å². The molecule has 0 bridgehead atoms. The Morgan fingerprint density at radius 2 is 1.61 bits per heavy atom. The van der Waals surface area contributed by atoms with E-state index < -0.39 is 11.7 Å². The first-order chi connectivity index (χ1) is 15.8. The van der Waals surface area contributed by atoms with Crippen LogP contribution in [0.1, 0.15) is 30.4 Å². The lowest BCUT2D eigenvalue weighted by atomic mass is 9.91. The predicted molar refractivity (Wildman–Crippen MR) is 119 cm³/mol. The normalized spacial score (nSPS) is 21.4. The van der Waals surface area contributed by atoms with E-state index in [1.807, 2.05) is 4.90 Å². The number of benzene rings is 1. The first kappa shape index (κ1) is 23.8. The van der Waals surface area contributed by atoms with E-state index >= 15 is 0 Å². The van der Waals surface area contributed by atoms with Crippen LogP contribution in [0.25, 0.3) is 6.08 Å². The van der Waals surface area contributed by atoms with E-state index in [2.05, 4.69) is 9.80 Å². The minimum absolute atomic E-state index is 0.146. The Labute approximate surface area is 192 Å². The van der Waals surface area contributed by atoms with Crippen LogP contribution >= 0.6 is 0 Å². The highest BCUT2D eigenvalue weighted by Crippen LogP contribution is 2.29. The Balaban J connectivity index is 1.20. The summed E-state index contributed by atoms with van der Waals surface area (Å²) in [7, 11) is 0. The van der Waals surface area contributed by atoms with E-state index in [0.717, 1.165) is 44.4 Å². The van der Waals surface area contributed by atoms with Crippen LogP contribution in [0.3, 0.4) is 0 Å². The van der Waals surface area contributed by atoms with E-state index in [9.17, 15) is 22.8 Å². The van der Waals surface area contributed by atoms with Gasteiger partial charge in [-0.05, 0) is 36.6 Å². The maximum Gasteiger partial charge on any atom is 0.416 e. The van der Waals surface area contributed by atoms with Gasteiger partial charge in [-0.25, -0.2) is 0 Å². The number of alkyl halides is 3. The van der Waals surface area contributed by atoms with Crippen molar-refractivity contribution in [2.45, 2.75) is 31.5 Å². The Kier molecular flexibility index (Phi) is 7.38. The Hall–Kier alpha value is -2.39. The van der Waals surface area contributed by atoms with Gasteiger partial charge in [0.2, 0.25) is 11.8 Å². The van der Waals surface area contributed by atoms with Gasteiger partial charge in [0.05, 0.1) is 12.1 Å². The zero-order chi connectivity index (χ0) is 23.4. The summed E-state index contributed by atoms with van der Waals surface area (Å²) in [5.41, 5.74) is -0.403. The van der Waals surface area contributed by atoms with Crippen molar-refractivity contribution in [1.82, 2.24) is 19.6 Å². The topological polar surface area (TPSA) is 47.1 Å². The largest absolute Gasteiger partial charge is 0.416 e. The summed E-state index contributed by atoms with van der Waals surface area (Å²) in [5.74, 6) is -0.0852. The summed E-state index contributed by atoms with van der Waals surface area (Å²) in [4.78, 5) is 33.3. The van der Waals surface area contributed by atoms with Crippen LogP contribution in [0, 0.1) is 0 Å². The van der Waals surface area contributed by atoms with Crippen LogP contribution in [-0.2, 0) is 15.8 Å². The summed E-state index contributed by atoms with van der Waals surface area (Å²) in [5, 5.41) is 0. The van der Waals surface area contributed by atoms with Crippen molar-refractivity contribution in [3.8, 4) is 0 Å². The molecule has 0 atom stereocenters. The number of amides is 2. The molecule has 6 nitrogen and oxygen atoms in total. The fourth-order valence-electron chi connectivity index (χ4n) is 4.60. The van der Waals surface area contributed by atoms with Gasteiger partial charge in [0.25, 0.3) is 0 Å². The van der Waals surface area contributed by atoms with Gasteiger partial charge in [0, 0.05) is 64.5 Å². The molecule has 2 aliphatic heterocycles. The van der Waals surface area contributed by atoms with Crippen LogP contribution < -0.4 is 0 Å². The van der Waals surface area contributed by atoms with E-state index in [1.54, 1.807) is 4.90 Å². The fraction of sp³-hybridized carbons (Fsp3) is 0.583. The van der Waals surface area contributed by atoms with Crippen LogP contribution in [-0.4, -0.2) is 96.4 Å². The van der Waals surface area contributed by atoms with Gasteiger partial charge in [-0.1, -0.05) is 18.6 Å². The Morgan fingerprint density at radius 1 is 0.939 bits per heavy atom. The number of piperazine rings is 2. The number of carbonyl (C=O) groups is 2. The van der Waals surface area contributed by atoms with E-state index in [-0.39, 0.29) is 11.8 Å². The molecule has 9 heteroatoms. The van der Waals surface area contributed by atoms with Crippen molar-refractivity contribution in [2.24, 2.45) is 0 Å². The number of nitrogens with zero attached hydrogens (tertiary/aromatic N) is 4. The van der Waals surface area contributed by atoms with Crippen LogP contribution in [0.4, 0.5) is 13.2 Å². The maximum absolute atomic E-state index is 12.8. The smallest absolute Gasteiger partial charge is 0.339 e. The lowest BCUT2D eigenvalue weighted by Gasteiger charge is -2.43. The summed E-state index contributed by atoms with van der Waals surface area (Å²) in [6.45, 7) is 6.05. The number of rotatable bonds is 5. The Morgan fingerprint density at radius 3 is 2.21 bits per heavy atom. The third kappa shape index (κ3) is 6.14. The van der Waals surface area contributed by atoms with E-state index in [0.29, 0.717) is 38.3 Å². The number of hydrogen-bond donors (Lipinski definition) is 0. The molecule has 0 N–H and O–H groups in total. The van der Waals surface area contributed by atoms with E-state index in [4.69, 9.17) is 0 Å². The molecule has 3 aliphatic rings. The molecule has 0 unspecified atom stereocenters. The second-order valence-corrected chi connectivity index (χ2v) is 9.06. The molecule has 1 aromatic rings. The molecule has 2 amide bonds. The highest BCUT2D eigenvalue weighted by molar-refractivity contribution is 5.91. The van der Waals surface area contributed by atoms with Gasteiger partial charge in [-0.15, -0.1) is 0 Å². The summed E-state index contributed by atoms with van der Waals surface area (Å²) < 4.78 is 38.5. The molecule has 2 saturated heterocycles. The van der Waals surface area contributed by atoms with Crippen LogP contribution in [0.5, 0.6) is 0 Å². The molecule has 1 saturated carbocycles. The molecule has 180 valence electrons. The zero-order valence-electron chi connectivity index (χ0n) is 18.8. The van der Waals surface area contributed by atoms with Crippen molar-refractivity contribution >= 4 is 17.9 Å². The van der Waals surface area contributed by atoms with Gasteiger partial charge in [0.15, 0.2) is 0 Å². The highest BCUT2D eigenvalue weighted by Gasteiger charge is 2.31. The first-order valence-electron chi connectivity index (χ1n) is 11.7. The van der Waals surface area contributed by atoms with Crippen molar-refractivity contribution < 1.29 is 22.8 Å². The summed E-state index contributed by atoms with van der Waals surface area (Å²) in [6.07, 6.45) is 2.21. The second-order valence-electron chi connectivity index (χ2n) is 9.06. The van der Waals surface area contributed by atoms with Gasteiger partial charge in [0.1, 0.15) is 0 Å². The van der Waals surface area contributed by atoms with Crippen molar-refractivity contribution in [3.63, 3.8) is 0 Å². The quantitative estimate of drug-likeness (QED) is 0.629. The zero-order valence-corrected chi connectivity index (χ0v) is 18.8. The monoisotopic (exact) mass is 464 g/mol. The molecular formula is C24H31F3N4O2. The molecule has 4 rings (SSSR count). The molecule has 1 aliphatic carbocycles. The SMILES string of the molecule is O=C(C=Cc1cccc(C(F)(F)F)c1)N1CCN(CC(=O)N2CCN(C3CCC3)CC2)CC1. The van der Waals surface area contributed by atoms with Gasteiger partial charge >= 0.3 is 6.18 Å². The van der Waals surface area contributed by atoms with Gasteiger partial charge in [-0.3, -0.25) is 19.4 Å². The predicted octanol–water partition coefficient (Wildman–Crippen LogP) is 2.56. The molecule has 2 heterocycles. The van der Waals surface area contributed by atoms with Gasteiger partial charge < -0.3 is 9.80 Å². The molecule has 0 radical (unpaired) electrons. The van der Waals surface area contributed by atoms with Crippen LogP contribution in [0.15, 0.2) is 30.3 Å². The van der Waals surface area contributed by atoms with E-state index in [1.165, 1.54) is 43.5 Å². The number of halogens is 3. The minimum Gasteiger partial charge on any atom is -0.339 e. The average molecular weight is 465 g/mol. The standard InChI is InChI=1S/C24H31F3N4O2/c25-24(26,27)20-4-1-3-19(17-20)7-8-22(32)30-11-9-28(10-12-30)18-23(33)31-15-13-29(14-16-31)21-5-2-6-21/h1,3-4,7-8,17,21H,2,5-6,9-16,18H2. The molecule has 3 fully saturated rings. The van der Waals surface area contributed by atoms with Gasteiger partial charge in [-0.2, -0.15) is 13.2 Å². The third-order valence-corrected chi connectivity index (χ3v) is 6.93. The van der Waals surface area contributed by atoms with Crippen molar-refractivity contribution in [1.29, 1.82) is 0 Å². The molecule has 33 heavy (non-hydrogen) atoms. The van der Waals surface area contributed by atoms with Crippen molar-refractivity contribution in [3.05, 3.63) is 41.5 Å². The molecular weight excluding hydrogens is 433 g/mol. The first-order valence-corrected chi connectivity index (χ1v) is 11.7. The minimum atomic E-state index is -4.41. The Bertz CT molecular complexity index is 869. The maximum atomic E-state index is 12.8. The number of carbonyl (C=O) groups excluding carboxylic acids is 2. The summed E-state index contributed by atoms with van der Waals surface area (Å²) >= 11 is 0. The average Bonchev–Trinajstić information content (AvgIpc) is 2.77. The second kappa shape index (κ2) is 10.3. The lowest BCUT2D eigenvalue weighted by Crippen LogP contribution is -2.56. The summed E-state index contributed by atoms with van der Waals surface area (Å²) in [6, 6.07) is 5.62.